The Bertz CT molecular complexity index is 1020. The van der Waals surface area contributed by atoms with Crippen LogP contribution >= 0.6 is 11.6 Å². The first-order valence-corrected chi connectivity index (χ1v) is 10.2. The Kier molecular flexibility index (Phi) is 6.78. The summed E-state index contributed by atoms with van der Waals surface area (Å²) in [6, 6.07) is 4.61. The van der Waals surface area contributed by atoms with Crippen LogP contribution in [0, 0.1) is 6.92 Å². The van der Waals surface area contributed by atoms with E-state index in [1.807, 2.05) is 20.8 Å². The highest BCUT2D eigenvalue weighted by Crippen LogP contribution is 2.40. The van der Waals surface area contributed by atoms with Crippen LogP contribution in [-0.2, 0) is 16.2 Å². The molecule has 0 fully saturated rings. The fraction of sp³-hybridized carbons (Fsp3) is 0.350. The molecule has 1 atom stereocenters. The van der Waals surface area contributed by atoms with Crippen molar-refractivity contribution in [1.29, 1.82) is 0 Å². The first-order valence-electron chi connectivity index (χ1n) is 8.69. The number of halogens is 4. The highest BCUT2D eigenvalue weighted by molar-refractivity contribution is 7.86. The van der Waals surface area contributed by atoms with Crippen LogP contribution in [0.25, 0.3) is 0 Å². The lowest BCUT2D eigenvalue weighted by Gasteiger charge is -2.24. The van der Waals surface area contributed by atoms with Crippen LogP contribution in [0.4, 0.5) is 18.9 Å². The summed E-state index contributed by atoms with van der Waals surface area (Å²) in [5.74, 6) is -0.560. The van der Waals surface area contributed by atoms with Crippen molar-refractivity contribution in [1.82, 2.24) is 0 Å². The first-order chi connectivity index (χ1) is 13.7. The third-order valence-electron chi connectivity index (χ3n) is 4.38. The van der Waals surface area contributed by atoms with Gasteiger partial charge in [0.1, 0.15) is 11.5 Å². The molecule has 164 valence electrons. The lowest BCUT2D eigenvalue weighted by atomic mass is 9.83. The summed E-state index contributed by atoms with van der Waals surface area (Å²) < 4.78 is 54.7. The molecule has 0 aliphatic carbocycles. The number of hydrogen-bond donors (Lipinski definition) is 2. The number of phenolic OH excluding ortho intramolecular Hbond substituents is 1. The number of amides is 1. The molecule has 2 N–H and O–H groups in total. The molecule has 10 heteroatoms. The number of ether oxygens (including phenoxy) is 1. The number of carbonyl (C=O) groups is 1. The zero-order chi connectivity index (χ0) is 23.0. The summed E-state index contributed by atoms with van der Waals surface area (Å²) in [4.78, 5) is 12.4. The monoisotopic (exact) mass is 463 g/mol. The molecule has 1 unspecified atom stereocenters. The molecule has 0 bridgehead atoms. The molecule has 0 aliphatic rings. The topological polar surface area (TPSA) is 75.6 Å². The molecule has 0 aromatic heterocycles. The van der Waals surface area contributed by atoms with Crippen LogP contribution in [0.2, 0.25) is 5.02 Å². The predicted octanol–water partition coefficient (Wildman–Crippen LogP) is 5.54. The van der Waals surface area contributed by atoms with E-state index in [0.29, 0.717) is 16.9 Å². The molecule has 5 nitrogen and oxygen atoms in total. The van der Waals surface area contributed by atoms with Gasteiger partial charge in [0.2, 0.25) is 0 Å². The van der Waals surface area contributed by atoms with Crippen molar-refractivity contribution in [2.24, 2.45) is 0 Å². The summed E-state index contributed by atoms with van der Waals surface area (Å²) in [5.41, 5.74) is -4.60. The van der Waals surface area contributed by atoms with E-state index < -0.39 is 32.5 Å². The first kappa shape index (κ1) is 24.0. The molecule has 0 heterocycles. The van der Waals surface area contributed by atoms with Gasteiger partial charge in [0.05, 0.1) is 23.4 Å². The van der Waals surface area contributed by atoms with Crippen LogP contribution in [0.1, 0.15) is 42.3 Å². The average molecular weight is 464 g/mol. The lowest BCUT2D eigenvalue weighted by Crippen LogP contribution is -2.19. The number of carbonyl (C=O) groups excluding carboxylic acids is 1. The van der Waals surface area contributed by atoms with Gasteiger partial charge in [0.15, 0.2) is 10.8 Å². The minimum absolute atomic E-state index is 0.00326. The van der Waals surface area contributed by atoms with Gasteiger partial charge in [0.25, 0.3) is 5.91 Å². The Labute approximate surface area is 179 Å². The van der Waals surface area contributed by atoms with Gasteiger partial charge in [0, 0.05) is 16.0 Å². The number of hydrogen-bond acceptors (Lipinski definition) is 4. The van der Waals surface area contributed by atoms with Crippen molar-refractivity contribution in [3.05, 3.63) is 46.0 Å². The van der Waals surface area contributed by atoms with Gasteiger partial charge >= 0.3 is 5.51 Å². The van der Waals surface area contributed by atoms with Gasteiger partial charge in [-0.1, -0.05) is 32.4 Å². The quantitative estimate of drug-likeness (QED) is 0.624. The lowest BCUT2D eigenvalue weighted by molar-refractivity contribution is -0.0384. The summed E-state index contributed by atoms with van der Waals surface area (Å²) in [6.45, 7) is 7.16. The van der Waals surface area contributed by atoms with E-state index in [1.165, 1.54) is 7.11 Å². The van der Waals surface area contributed by atoms with Gasteiger partial charge in [-0.15, -0.1) is 0 Å². The maximum atomic E-state index is 12.9. The Hall–Kier alpha value is -2.26. The molecule has 0 saturated carbocycles. The number of alkyl halides is 3. The second kappa shape index (κ2) is 8.47. The summed E-state index contributed by atoms with van der Waals surface area (Å²) >= 11 is 5.99. The summed E-state index contributed by atoms with van der Waals surface area (Å²) in [6.07, 6.45) is 0. The molecule has 2 aromatic rings. The number of anilines is 1. The number of methoxy groups -OCH3 is 1. The standard InChI is InChI=1S/C20H21ClF3NO4S/c1-10-15(29-5)9-12(19(2,3)4)17(26)16(10)18(27)25-14-7-6-11(8-13(14)21)30(28)20(22,23)24/h6-9,26H,1-5H3,(H,25,27). The fourth-order valence-corrected chi connectivity index (χ4v) is 3.81. The molecule has 2 rings (SSSR count). The average Bonchev–Trinajstić information content (AvgIpc) is 2.61. The van der Waals surface area contributed by atoms with E-state index in [2.05, 4.69) is 5.32 Å². The Morgan fingerprint density at radius 3 is 2.27 bits per heavy atom. The van der Waals surface area contributed by atoms with Crippen molar-refractivity contribution in [2.45, 2.75) is 43.5 Å². The molecule has 0 radical (unpaired) electrons. The zero-order valence-electron chi connectivity index (χ0n) is 16.9. The Balaban J connectivity index is 2.47. The van der Waals surface area contributed by atoms with E-state index in [4.69, 9.17) is 16.3 Å². The Morgan fingerprint density at radius 2 is 1.80 bits per heavy atom. The molecule has 0 aliphatic heterocycles. The van der Waals surface area contributed by atoms with E-state index in [9.17, 15) is 27.3 Å². The van der Waals surface area contributed by atoms with Gasteiger partial charge in [-0.3, -0.25) is 4.79 Å². The van der Waals surface area contributed by atoms with E-state index >= 15 is 0 Å². The van der Waals surface area contributed by atoms with Gasteiger partial charge in [-0.25, -0.2) is 4.21 Å². The smallest absolute Gasteiger partial charge is 0.475 e. The zero-order valence-corrected chi connectivity index (χ0v) is 18.5. The Morgan fingerprint density at radius 1 is 1.20 bits per heavy atom. The second-order valence-electron chi connectivity index (χ2n) is 7.54. The van der Waals surface area contributed by atoms with Crippen molar-refractivity contribution < 1.29 is 32.0 Å². The van der Waals surface area contributed by atoms with Crippen molar-refractivity contribution in [3.8, 4) is 11.5 Å². The summed E-state index contributed by atoms with van der Waals surface area (Å²) in [7, 11) is -1.81. The molecule has 1 amide bonds. The van der Waals surface area contributed by atoms with Crippen LogP contribution in [0.15, 0.2) is 29.2 Å². The van der Waals surface area contributed by atoms with Gasteiger partial charge in [-0.2, -0.15) is 13.2 Å². The highest BCUT2D eigenvalue weighted by atomic mass is 35.5. The maximum absolute atomic E-state index is 12.9. The molecule has 0 saturated heterocycles. The fourth-order valence-electron chi connectivity index (χ4n) is 2.84. The van der Waals surface area contributed by atoms with E-state index in [0.717, 1.165) is 18.2 Å². The number of aromatic hydroxyl groups is 1. The van der Waals surface area contributed by atoms with Gasteiger partial charge < -0.3 is 15.2 Å². The minimum atomic E-state index is -4.93. The molecule has 2 aromatic carbocycles. The highest BCUT2D eigenvalue weighted by Gasteiger charge is 2.38. The predicted molar refractivity (Wildman–Crippen MR) is 110 cm³/mol. The van der Waals surface area contributed by atoms with Crippen molar-refractivity contribution in [3.63, 3.8) is 0 Å². The van der Waals surface area contributed by atoms with Crippen LogP contribution in [-0.4, -0.2) is 27.8 Å². The van der Waals surface area contributed by atoms with Crippen molar-refractivity contribution >= 4 is 34.0 Å². The maximum Gasteiger partial charge on any atom is 0.475 e. The van der Waals surface area contributed by atoms with Crippen LogP contribution in [0.3, 0.4) is 0 Å². The van der Waals surface area contributed by atoms with Crippen molar-refractivity contribution in [2.75, 3.05) is 12.4 Å². The summed E-state index contributed by atoms with van der Waals surface area (Å²) in [5, 5.41) is 13.0. The van der Waals surface area contributed by atoms with Crippen LogP contribution < -0.4 is 10.1 Å². The molecular weight excluding hydrogens is 443 g/mol. The number of rotatable bonds is 4. The molecule has 30 heavy (non-hydrogen) atoms. The largest absolute Gasteiger partial charge is 0.507 e. The number of benzene rings is 2. The third-order valence-corrected chi connectivity index (χ3v) is 5.80. The minimum Gasteiger partial charge on any atom is -0.507 e. The van der Waals surface area contributed by atoms with Gasteiger partial charge in [-0.05, 0) is 36.6 Å². The number of nitrogens with one attached hydrogen (secondary N) is 1. The van der Waals surface area contributed by atoms with Crippen LogP contribution in [0.5, 0.6) is 11.5 Å². The third kappa shape index (κ3) is 4.89. The second-order valence-corrected chi connectivity index (χ2v) is 9.41. The number of phenols is 1. The molecule has 0 spiro atoms. The van der Waals surface area contributed by atoms with E-state index in [-0.39, 0.29) is 22.0 Å². The normalized spacial score (nSPS) is 13.1. The SMILES string of the molecule is COc1cc(C(C)(C)C)c(O)c(C(=O)Nc2ccc(S(=O)C(F)(F)F)cc2Cl)c1C. The molecular formula is C20H21ClF3NO4S. The van der Waals surface area contributed by atoms with E-state index in [1.54, 1.807) is 13.0 Å².